The van der Waals surface area contributed by atoms with Crippen LogP contribution in [0.3, 0.4) is 0 Å². The molecule has 0 bridgehead atoms. The van der Waals surface area contributed by atoms with Crippen molar-refractivity contribution in [1.82, 2.24) is 25.0 Å². The average Bonchev–Trinajstić information content (AvgIpc) is 3.25. The van der Waals surface area contributed by atoms with Gasteiger partial charge in [-0.2, -0.15) is 0 Å². The highest BCUT2D eigenvalue weighted by Crippen LogP contribution is 2.21. The zero-order valence-corrected chi connectivity index (χ0v) is 20.3. The van der Waals surface area contributed by atoms with Gasteiger partial charge in [0.2, 0.25) is 11.8 Å². The maximum atomic E-state index is 13.3. The summed E-state index contributed by atoms with van der Waals surface area (Å²) in [4.78, 5) is 47.4. The van der Waals surface area contributed by atoms with Gasteiger partial charge in [0.05, 0.1) is 0 Å². The first-order valence-electron chi connectivity index (χ1n) is 11.9. The first-order chi connectivity index (χ1) is 16.3. The molecule has 4 rings (SSSR count). The summed E-state index contributed by atoms with van der Waals surface area (Å²) in [6.45, 7) is 5.06. The Morgan fingerprint density at radius 2 is 1.82 bits per heavy atom. The molecule has 9 nitrogen and oxygen atoms in total. The highest BCUT2D eigenvalue weighted by Gasteiger charge is 2.32. The Balaban J connectivity index is 1.39. The lowest BCUT2D eigenvalue weighted by atomic mass is 10.0. The topological polar surface area (TPSA) is 115 Å². The van der Waals surface area contributed by atoms with Crippen molar-refractivity contribution in [3.63, 3.8) is 0 Å². The maximum absolute atomic E-state index is 13.3. The van der Waals surface area contributed by atoms with Gasteiger partial charge in [-0.3, -0.25) is 19.3 Å². The first kappa shape index (κ1) is 24.5. The Bertz CT molecular complexity index is 1040. The van der Waals surface area contributed by atoms with Crippen molar-refractivity contribution in [3.8, 4) is 0 Å². The quantitative estimate of drug-likeness (QED) is 0.545. The van der Waals surface area contributed by atoms with Crippen LogP contribution in [0, 0.1) is 0 Å². The number of primary amides is 1. The summed E-state index contributed by atoms with van der Waals surface area (Å²) in [5.74, 6) is -1.07. The lowest BCUT2D eigenvalue weighted by Crippen LogP contribution is -2.57. The number of nitrogens with zero attached hydrogens (tertiary/aromatic N) is 3. The molecule has 0 spiro atoms. The second-order valence-corrected chi connectivity index (χ2v) is 9.78. The van der Waals surface area contributed by atoms with Crippen LogP contribution < -0.4 is 11.1 Å². The number of piperazine rings is 1. The summed E-state index contributed by atoms with van der Waals surface area (Å²) in [6.07, 6.45) is 2.49. The van der Waals surface area contributed by atoms with Crippen molar-refractivity contribution in [1.29, 1.82) is 0 Å². The Labute approximate surface area is 204 Å². The molecule has 3 amide bonds. The van der Waals surface area contributed by atoms with Crippen LogP contribution in [0.2, 0.25) is 5.02 Å². The average molecular weight is 489 g/mol. The van der Waals surface area contributed by atoms with Gasteiger partial charge in [-0.25, -0.2) is 0 Å². The van der Waals surface area contributed by atoms with E-state index in [0.29, 0.717) is 29.8 Å². The number of likely N-dealkylation sites (tertiary alicyclic amines) is 1. The molecule has 1 aromatic heterocycles. The Morgan fingerprint density at radius 1 is 1.12 bits per heavy atom. The Hall–Kier alpha value is -2.62. The van der Waals surface area contributed by atoms with E-state index in [4.69, 9.17) is 17.3 Å². The molecule has 2 aliphatic rings. The fourth-order valence-electron chi connectivity index (χ4n) is 4.89. The van der Waals surface area contributed by atoms with E-state index < -0.39 is 17.9 Å². The van der Waals surface area contributed by atoms with Crippen molar-refractivity contribution in [2.45, 2.75) is 37.8 Å². The molecule has 2 fully saturated rings. The molecule has 1 atom stereocenters. The number of aromatic nitrogens is 1. The lowest BCUT2D eigenvalue weighted by Gasteiger charge is -2.42. The number of carbonyl (C=O) groups is 3. The predicted octanol–water partition coefficient (Wildman–Crippen LogP) is 1.42. The number of benzene rings is 1. The number of rotatable bonds is 7. The van der Waals surface area contributed by atoms with E-state index in [-0.39, 0.29) is 18.7 Å². The molecule has 1 aromatic carbocycles. The SMILES string of the molecule is CN1CCC(N2CCN(C(=O)[C@@H](CCC(N)=O)NC(=O)c3cc4cc(Cl)ccc4[nH]3)CC2)CC1. The molecule has 0 unspecified atom stereocenters. The van der Waals surface area contributed by atoms with Gasteiger partial charge in [0.25, 0.3) is 5.91 Å². The molecule has 0 aliphatic carbocycles. The number of fused-ring (bicyclic) bond motifs is 1. The third-order valence-electron chi connectivity index (χ3n) is 6.94. The van der Waals surface area contributed by atoms with E-state index in [1.54, 1.807) is 29.2 Å². The van der Waals surface area contributed by atoms with Gasteiger partial charge in [-0.1, -0.05) is 11.6 Å². The zero-order chi connectivity index (χ0) is 24.2. The highest BCUT2D eigenvalue weighted by molar-refractivity contribution is 6.31. The maximum Gasteiger partial charge on any atom is 0.268 e. The van der Waals surface area contributed by atoms with E-state index in [2.05, 4.69) is 27.1 Å². The van der Waals surface area contributed by atoms with Gasteiger partial charge in [0.15, 0.2) is 0 Å². The fraction of sp³-hybridized carbons (Fsp3) is 0.542. The largest absolute Gasteiger partial charge is 0.370 e. The molecule has 34 heavy (non-hydrogen) atoms. The number of piperidine rings is 1. The van der Waals surface area contributed by atoms with Crippen molar-refractivity contribution in [3.05, 3.63) is 35.0 Å². The number of hydrogen-bond acceptors (Lipinski definition) is 5. The fourth-order valence-corrected chi connectivity index (χ4v) is 5.07. The van der Waals surface area contributed by atoms with Crippen LogP contribution in [0.4, 0.5) is 0 Å². The summed E-state index contributed by atoms with van der Waals surface area (Å²) in [5.41, 5.74) is 6.44. The van der Waals surface area contributed by atoms with Gasteiger partial charge in [-0.05, 0) is 63.7 Å². The van der Waals surface area contributed by atoms with Crippen molar-refractivity contribution in [2.24, 2.45) is 5.73 Å². The molecule has 2 aromatic rings. The number of halogens is 1. The van der Waals surface area contributed by atoms with Crippen LogP contribution in [-0.4, -0.2) is 95.8 Å². The van der Waals surface area contributed by atoms with Crippen molar-refractivity contribution in [2.75, 3.05) is 46.3 Å². The third kappa shape index (κ3) is 5.89. The van der Waals surface area contributed by atoms with E-state index in [1.165, 1.54) is 0 Å². The third-order valence-corrected chi connectivity index (χ3v) is 7.18. The zero-order valence-electron chi connectivity index (χ0n) is 19.6. The molecular formula is C24H33ClN6O3. The van der Waals surface area contributed by atoms with Crippen molar-refractivity contribution < 1.29 is 14.4 Å². The smallest absolute Gasteiger partial charge is 0.268 e. The predicted molar refractivity (Wildman–Crippen MR) is 132 cm³/mol. The Kier molecular flexibility index (Phi) is 7.75. The molecule has 10 heteroatoms. The second kappa shape index (κ2) is 10.8. The van der Waals surface area contributed by atoms with E-state index in [1.807, 2.05) is 0 Å². The number of nitrogens with two attached hydrogens (primary N) is 1. The molecule has 0 saturated carbocycles. The van der Waals surface area contributed by atoms with Crippen LogP contribution in [-0.2, 0) is 9.59 Å². The molecule has 184 valence electrons. The number of hydrogen-bond donors (Lipinski definition) is 3. The van der Waals surface area contributed by atoms with E-state index in [0.717, 1.165) is 49.9 Å². The van der Waals surface area contributed by atoms with Crippen LogP contribution in [0.25, 0.3) is 10.9 Å². The number of aromatic amines is 1. The second-order valence-electron chi connectivity index (χ2n) is 9.34. The summed E-state index contributed by atoms with van der Waals surface area (Å²) < 4.78 is 0. The van der Waals surface area contributed by atoms with Gasteiger partial charge in [0.1, 0.15) is 11.7 Å². The highest BCUT2D eigenvalue weighted by atomic mass is 35.5. The summed E-state index contributed by atoms with van der Waals surface area (Å²) in [7, 11) is 2.15. The van der Waals surface area contributed by atoms with Crippen LogP contribution in [0.15, 0.2) is 24.3 Å². The molecule has 0 radical (unpaired) electrons. The van der Waals surface area contributed by atoms with Gasteiger partial charge >= 0.3 is 0 Å². The normalized spacial score (nSPS) is 19.3. The molecule has 2 aliphatic heterocycles. The number of carbonyl (C=O) groups excluding carboxylic acids is 3. The number of nitrogens with one attached hydrogen (secondary N) is 2. The number of H-pyrrole nitrogens is 1. The molecule has 4 N–H and O–H groups in total. The summed E-state index contributed by atoms with van der Waals surface area (Å²) >= 11 is 6.04. The van der Waals surface area contributed by atoms with Crippen LogP contribution >= 0.6 is 11.6 Å². The van der Waals surface area contributed by atoms with E-state index in [9.17, 15) is 14.4 Å². The molecular weight excluding hydrogens is 456 g/mol. The minimum Gasteiger partial charge on any atom is -0.370 e. The van der Waals surface area contributed by atoms with Gasteiger partial charge in [0, 0.05) is 54.6 Å². The van der Waals surface area contributed by atoms with Crippen LogP contribution in [0.5, 0.6) is 0 Å². The minimum atomic E-state index is -0.815. The standard InChI is InChI=1S/C24H33ClN6O3/c1-29-8-6-18(7-9-29)30-10-12-31(13-11-30)24(34)20(4-5-22(26)32)28-23(33)21-15-16-14-17(25)2-3-19(16)27-21/h2-3,14-15,18,20,27H,4-13H2,1H3,(H2,26,32)(H,28,33)/t20-/m1/s1. The monoisotopic (exact) mass is 488 g/mol. The minimum absolute atomic E-state index is 0.0224. The van der Waals surface area contributed by atoms with E-state index >= 15 is 0 Å². The van der Waals surface area contributed by atoms with Crippen LogP contribution in [0.1, 0.15) is 36.2 Å². The lowest BCUT2D eigenvalue weighted by molar-refractivity contribution is -0.135. The molecule has 2 saturated heterocycles. The summed E-state index contributed by atoms with van der Waals surface area (Å²) in [5, 5.41) is 4.20. The van der Waals surface area contributed by atoms with Crippen molar-refractivity contribution >= 4 is 40.2 Å². The molecule has 3 heterocycles. The first-order valence-corrected chi connectivity index (χ1v) is 12.3. The summed E-state index contributed by atoms with van der Waals surface area (Å²) in [6, 6.07) is 6.76. The Morgan fingerprint density at radius 3 is 2.50 bits per heavy atom. The number of amides is 3. The van der Waals surface area contributed by atoms with Gasteiger partial charge < -0.3 is 25.8 Å². The van der Waals surface area contributed by atoms with Gasteiger partial charge in [-0.15, -0.1) is 0 Å².